The highest BCUT2D eigenvalue weighted by atomic mass is 16.5. The summed E-state index contributed by atoms with van der Waals surface area (Å²) in [7, 11) is 0. The molecular weight excluding hydrogens is 216 g/mol. The Morgan fingerprint density at radius 3 is 3.06 bits per heavy atom. The first kappa shape index (κ1) is 11.9. The van der Waals surface area contributed by atoms with Crippen LogP contribution in [0.2, 0.25) is 0 Å². The van der Waals surface area contributed by atoms with Crippen LogP contribution in [0.3, 0.4) is 0 Å². The maximum Gasteiger partial charge on any atom is 0.223 e. The van der Waals surface area contributed by atoms with E-state index in [1.54, 1.807) is 6.92 Å². The number of nitrogens with zero attached hydrogens (tertiary/aromatic N) is 3. The molecule has 0 unspecified atom stereocenters. The normalized spacial score (nSPS) is 10.9. The fourth-order valence-corrected chi connectivity index (χ4v) is 1.72. The molecule has 92 valence electrons. The molecule has 0 aliphatic carbocycles. The summed E-state index contributed by atoms with van der Waals surface area (Å²) in [6.07, 6.45) is 3.18. The van der Waals surface area contributed by atoms with Gasteiger partial charge >= 0.3 is 0 Å². The SMILES string of the molecule is CCCNCc1cccn1Cc1noc(C)n1. The molecule has 0 fully saturated rings. The fraction of sp³-hybridized carbons (Fsp3) is 0.500. The zero-order valence-electron chi connectivity index (χ0n) is 10.3. The molecule has 2 aromatic rings. The standard InChI is InChI=1S/C12H18N4O/c1-3-6-13-8-11-5-4-7-16(11)9-12-14-10(2)17-15-12/h4-5,7,13H,3,6,8-9H2,1-2H3. The minimum absolute atomic E-state index is 0.609. The van der Waals surface area contributed by atoms with E-state index in [0.717, 1.165) is 25.3 Å². The molecule has 2 heterocycles. The van der Waals surface area contributed by atoms with E-state index in [9.17, 15) is 0 Å². The highest BCUT2D eigenvalue weighted by molar-refractivity contribution is 5.08. The summed E-state index contributed by atoms with van der Waals surface area (Å²) in [5.41, 5.74) is 1.24. The van der Waals surface area contributed by atoms with Gasteiger partial charge in [-0.3, -0.25) is 0 Å². The maximum absolute atomic E-state index is 4.96. The van der Waals surface area contributed by atoms with Gasteiger partial charge in [0.05, 0.1) is 6.54 Å². The van der Waals surface area contributed by atoms with E-state index in [1.807, 2.05) is 12.3 Å². The minimum Gasteiger partial charge on any atom is -0.342 e. The summed E-state index contributed by atoms with van der Waals surface area (Å²) in [5, 5.41) is 7.28. The number of hydrogen-bond acceptors (Lipinski definition) is 4. The van der Waals surface area contributed by atoms with Crippen LogP contribution in [0.4, 0.5) is 0 Å². The molecule has 0 aliphatic heterocycles. The van der Waals surface area contributed by atoms with Crippen LogP contribution in [-0.4, -0.2) is 21.3 Å². The van der Waals surface area contributed by atoms with Gasteiger partial charge < -0.3 is 14.4 Å². The second-order valence-corrected chi connectivity index (χ2v) is 4.03. The van der Waals surface area contributed by atoms with Crippen molar-refractivity contribution in [1.82, 2.24) is 20.0 Å². The number of hydrogen-bond donors (Lipinski definition) is 1. The van der Waals surface area contributed by atoms with Gasteiger partial charge in [0.1, 0.15) is 0 Å². The first-order valence-electron chi connectivity index (χ1n) is 5.93. The Hall–Kier alpha value is -1.62. The molecule has 0 atom stereocenters. The lowest BCUT2D eigenvalue weighted by atomic mass is 10.4. The monoisotopic (exact) mass is 234 g/mol. The number of aryl methyl sites for hydroxylation is 1. The lowest BCUT2D eigenvalue weighted by Crippen LogP contribution is -2.17. The fourth-order valence-electron chi connectivity index (χ4n) is 1.72. The van der Waals surface area contributed by atoms with Crippen LogP contribution >= 0.6 is 0 Å². The third-order valence-corrected chi connectivity index (χ3v) is 2.54. The molecule has 2 rings (SSSR count). The molecule has 0 saturated carbocycles. The molecule has 0 bridgehead atoms. The molecule has 1 N–H and O–H groups in total. The Morgan fingerprint density at radius 2 is 2.35 bits per heavy atom. The summed E-state index contributed by atoms with van der Waals surface area (Å²) >= 11 is 0. The van der Waals surface area contributed by atoms with Gasteiger partial charge in [-0.15, -0.1) is 0 Å². The number of rotatable bonds is 6. The average Bonchev–Trinajstić information content (AvgIpc) is 2.90. The molecule has 0 aliphatic rings. The zero-order chi connectivity index (χ0) is 12.1. The summed E-state index contributed by atoms with van der Waals surface area (Å²) < 4.78 is 7.09. The summed E-state index contributed by atoms with van der Waals surface area (Å²) in [6, 6.07) is 4.14. The van der Waals surface area contributed by atoms with Gasteiger partial charge in [0.15, 0.2) is 5.82 Å². The third-order valence-electron chi connectivity index (χ3n) is 2.54. The van der Waals surface area contributed by atoms with E-state index in [1.165, 1.54) is 5.69 Å². The maximum atomic E-state index is 4.96. The highest BCUT2D eigenvalue weighted by Gasteiger charge is 2.06. The van der Waals surface area contributed by atoms with Crippen molar-refractivity contribution in [3.8, 4) is 0 Å². The van der Waals surface area contributed by atoms with Crippen molar-refractivity contribution in [1.29, 1.82) is 0 Å². The third kappa shape index (κ3) is 3.17. The van der Waals surface area contributed by atoms with Crippen molar-refractivity contribution in [2.24, 2.45) is 0 Å². The van der Waals surface area contributed by atoms with Crippen molar-refractivity contribution in [3.63, 3.8) is 0 Å². The van der Waals surface area contributed by atoms with Crippen LogP contribution in [0.15, 0.2) is 22.9 Å². The van der Waals surface area contributed by atoms with Gasteiger partial charge in [-0.2, -0.15) is 4.98 Å². The lowest BCUT2D eigenvalue weighted by Gasteiger charge is -2.07. The van der Waals surface area contributed by atoms with Crippen LogP contribution in [0.25, 0.3) is 0 Å². The molecule has 0 aromatic carbocycles. The van der Waals surface area contributed by atoms with Crippen molar-refractivity contribution in [3.05, 3.63) is 35.7 Å². The van der Waals surface area contributed by atoms with E-state index >= 15 is 0 Å². The lowest BCUT2D eigenvalue weighted by molar-refractivity contribution is 0.386. The molecule has 2 aromatic heterocycles. The Labute approximate surface area is 101 Å². The van der Waals surface area contributed by atoms with Crippen molar-refractivity contribution in [2.75, 3.05) is 6.54 Å². The number of nitrogens with one attached hydrogen (secondary N) is 1. The quantitative estimate of drug-likeness (QED) is 0.773. The molecule has 5 nitrogen and oxygen atoms in total. The predicted octanol–water partition coefficient (Wildman–Crippen LogP) is 1.73. The van der Waals surface area contributed by atoms with E-state index in [4.69, 9.17) is 4.52 Å². The van der Waals surface area contributed by atoms with Crippen LogP contribution in [-0.2, 0) is 13.1 Å². The van der Waals surface area contributed by atoms with Crippen molar-refractivity contribution < 1.29 is 4.52 Å². The molecule has 0 amide bonds. The molecule has 0 radical (unpaired) electrons. The molecular formula is C12H18N4O. The van der Waals surface area contributed by atoms with Crippen molar-refractivity contribution >= 4 is 0 Å². The minimum atomic E-state index is 0.609. The smallest absolute Gasteiger partial charge is 0.223 e. The van der Waals surface area contributed by atoms with Crippen LogP contribution in [0.1, 0.15) is 30.8 Å². The van der Waals surface area contributed by atoms with Gasteiger partial charge in [-0.1, -0.05) is 12.1 Å². The summed E-state index contributed by atoms with van der Waals surface area (Å²) in [4.78, 5) is 4.20. The first-order chi connectivity index (χ1) is 8.29. The van der Waals surface area contributed by atoms with Crippen LogP contribution in [0.5, 0.6) is 0 Å². The van der Waals surface area contributed by atoms with Gasteiger partial charge in [-0.25, -0.2) is 0 Å². The van der Waals surface area contributed by atoms with Gasteiger partial charge in [0.2, 0.25) is 5.89 Å². The van der Waals surface area contributed by atoms with E-state index in [2.05, 4.69) is 33.0 Å². The second kappa shape index (κ2) is 5.63. The van der Waals surface area contributed by atoms with E-state index < -0.39 is 0 Å². The topological polar surface area (TPSA) is 55.9 Å². The highest BCUT2D eigenvalue weighted by Crippen LogP contribution is 2.05. The zero-order valence-corrected chi connectivity index (χ0v) is 10.3. The Balaban J connectivity index is 1.98. The first-order valence-corrected chi connectivity index (χ1v) is 5.93. The molecule has 0 spiro atoms. The van der Waals surface area contributed by atoms with Gasteiger partial charge in [-0.05, 0) is 25.1 Å². The Morgan fingerprint density at radius 1 is 1.47 bits per heavy atom. The van der Waals surface area contributed by atoms with Crippen molar-refractivity contribution in [2.45, 2.75) is 33.4 Å². The predicted molar refractivity (Wildman–Crippen MR) is 64.6 cm³/mol. The summed E-state index contributed by atoms with van der Waals surface area (Å²) in [5.74, 6) is 1.33. The average molecular weight is 234 g/mol. The molecule has 17 heavy (non-hydrogen) atoms. The molecule has 0 saturated heterocycles. The second-order valence-electron chi connectivity index (χ2n) is 4.03. The number of aromatic nitrogens is 3. The Bertz CT molecular complexity index is 461. The van der Waals surface area contributed by atoms with Crippen LogP contribution in [0, 0.1) is 6.92 Å². The van der Waals surface area contributed by atoms with Crippen LogP contribution < -0.4 is 5.32 Å². The largest absolute Gasteiger partial charge is 0.342 e. The van der Waals surface area contributed by atoms with E-state index in [-0.39, 0.29) is 0 Å². The van der Waals surface area contributed by atoms with Gasteiger partial charge in [0, 0.05) is 25.4 Å². The Kier molecular flexibility index (Phi) is 3.93. The van der Waals surface area contributed by atoms with E-state index in [0.29, 0.717) is 12.4 Å². The van der Waals surface area contributed by atoms with Gasteiger partial charge in [0.25, 0.3) is 0 Å². The summed E-state index contributed by atoms with van der Waals surface area (Å²) in [6.45, 7) is 6.53. The molecule has 5 heteroatoms.